The van der Waals surface area contributed by atoms with Crippen molar-refractivity contribution < 1.29 is 32.6 Å². The lowest BCUT2D eigenvalue weighted by atomic mass is 10.1. The maximum atomic E-state index is 12.1. The van der Waals surface area contributed by atoms with Gasteiger partial charge in [-0.3, -0.25) is 9.59 Å². The molecule has 120 valence electrons. The first-order valence-corrected chi connectivity index (χ1v) is 6.60. The summed E-state index contributed by atoms with van der Waals surface area (Å²) in [6.45, 7) is -0.362. The molecule has 1 aliphatic rings. The quantitative estimate of drug-likeness (QED) is 0.873. The molecule has 1 aliphatic carbocycles. The number of carboxylic acids is 1. The van der Waals surface area contributed by atoms with Crippen molar-refractivity contribution in [3.8, 4) is 5.75 Å². The number of ether oxygens (including phenoxy) is 1. The smallest absolute Gasteiger partial charge is 0.480 e. The van der Waals surface area contributed by atoms with Gasteiger partial charge in [-0.2, -0.15) is 0 Å². The van der Waals surface area contributed by atoms with Crippen LogP contribution in [-0.4, -0.2) is 40.8 Å². The van der Waals surface area contributed by atoms with E-state index in [0.717, 1.165) is 25.0 Å². The summed E-state index contributed by atoms with van der Waals surface area (Å²) < 4.78 is 39.8. The van der Waals surface area contributed by atoms with E-state index in [4.69, 9.17) is 5.11 Å². The van der Waals surface area contributed by atoms with Gasteiger partial charge in [0.25, 0.3) is 0 Å². The molecule has 0 atom stereocenters. The summed E-state index contributed by atoms with van der Waals surface area (Å²) in [7, 11) is 0. The number of carbonyl (C=O) groups excluding carboxylic acids is 1. The van der Waals surface area contributed by atoms with E-state index >= 15 is 0 Å². The molecule has 1 aromatic carbocycles. The highest BCUT2D eigenvalue weighted by molar-refractivity contribution is 5.83. The van der Waals surface area contributed by atoms with Crippen molar-refractivity contribution in [1.29, 1.82) is 0 Å². The summed E-state index contributed by atoms with van der Waals surface area (Å²) >= 11 is 0. The molecular weight excluding hydrogens is 303 g/mol. The molecule has 1 fully saturated rings. The van der Waals surface area contributed by atoms with Gasteiger partial charge >= 0.3 is 12.3 Å². The van der Waals surface area contributed by atoms with Crippen LogP contribution in [0.25, 0.3) is 0 Å². The van der Waals surface area contributed by atoms with Gasteiger partial charge in [-0.05, 0) is 30.5 Å². The number of halogens is 3. The largest absolute Gasteiger partial charge is 0.573 e. The molecule has 0 saturated heterocycles. The molecule has 8 heteroatoms. The fraction of sp³-hybridized carbons (Fsp3) is 0.429. The fourth-order valence-corrected chi connectivity index (χ4v) is 2.04. The number of carboxylic acid groups (broad SMARTS) is 1. The first kappa shape index (κ1) is 16.1. The maximum absolute atomic E-state index is 12.1. The van der Waals surface area contributed by atoms with E-state index in [1.54, 1.807) is 0 Å². The molecular formula is C14H14F3NO4. The van der Waals surface area contributed by atoms with E-state index in [1.807, 2.05) is 0 Å². The lowest BCUT2D eigenvalue weighted by Gasteiger charge is -2.20. The van der Waals surface area contributed by atoms with E-state index in [1.165, 1.54) is 17.0 Å². The van der Waals surface area contributed by atoms with Crippen LogP contribution in [-0.2, 0) is 16.0 Å². The van der Waals surface area contributed by atoms with Gasteiger partial charge in [0.05, 0.1) is 6.42 Å². The van der Waals surface area contributed by atoms with Gasteiger partial charge in [-0.1, -0.05) is 12.1 Å². The Morgan fingerprint density at radius 3 is 2.27 bits per heavy atom. The Kier molecular flexibility index (Phi) is 4.58. The number of benzene rings is 1. The van der Waals surface area contributed by atoms with Crippen LogP contribution in [0.2, 0.25) is 0 Å². The molecule has 1 aromatic rings. The Balaban J connectivity index is 1.97. The van der Waals surface area contributed by atoms with Crippen molar-refractivity contribution >= 4 is 11.9 Å². The summed E-state index contributed by atoms with van der Waals surface area (Å²) in [5.41, 5.74) is 0.496. The number of hydrogen-bond acceptors (Lipinski definition) is 3. The summed E-state index contributed by atoms with van der Waals surface area (Å²) in [6, 6.07) is 4.90. The third-order valence-electron chi connectivity index (χ3n) is 3.13. The predicted octanol–water partition coefficient (Wildman–Crippen LogP) is 2.20. The monoisotopic (exact) mass is 317 g/mol. The van der Waals surface area contributed by atoms with Crippen LogP contribution in [0.4, 0.5) is 13.2 Å². The number of rotatable bonds is 6. The third-order valence-corrected chi connectivity index (χ3v) is 3.13. The van der Waals surface area contributed by atoms with Crippen molar-refractivity contribution in [2.75, 3.05) is 6.54 Å². The lowest BCUT2D eigenvalue weighted by Crippen LogP contribution is -2.38. The zero-order valence-electron chi connectivity index (χ0n) is 11.5. The highest BCUT2D eigenvalue weighted by Gasteiger charge is 2.34. The average molecular weight is 317 g/mol. The minimum atomic E-state index is -4.76. The molecule has 1 saturated carbocycles. The van der Waals surface area contributed by atoms with Crippen molar-refractivity contribution in [2.24, 2.45) is 0 Å². The molecule has 22 heavy (non-hydrogen) atoms. The van der Waals surface area contributed by atoms with E-state index in [0.29, 0.717) is 5.56 Å². The number of hydrogen-bond donors (Lipinski definition) is 1. The summed E-state index contributed by atoms with van der Waals surface area (Å²) in [5, 5.41) is 8.80. The van der Waals surface area contributed by atoms with Gasteiger partial charge in [-0.25, -0.2) is 0 Å². The summed E-state index contributed by atoms with van der Waals surface area (Å²) in [6.07, 6.45) is -3.27. The van der Waals surface area contributed by atoms with Crippen LogP contribution in [0, 0.1) is 0 Å². The molecule has 0 radical (unpaired) electrons. The van der Waals surface area contributed by atoms with Crippen LogP contribution in [0.15, 0.2) is 24.3 Å². The summed E-state index contributed by atoms with van der Waals surface area (Å²) in [5.74, 6) is -1.81. The summed E-state index contributed by atoms with van der Waals surface area (Å²) in [4.78, 5) is 24.1. The SMILES string of the molecule is O=C(O)CN(C(=O)Cc1ccc(OC(F)(F)F)cc1)C1CC1. The van der Waals surface area contributed by atoms with E-state index < -0.39 is 12.3 Å². The standard InChI is InChI=1S/C14H14F3NO4/c15-14(16,17)22-11-5-1-9(2-6-11)7-12(19)18(8-13(20)21)10-3-4-10/h1-2,5-6,10H,3-4,7-8H2,(H,20,21). The van der Waals surface area contributed by atoms with Crippen molar-refractivity contribution in [3.05, 3.63) is 29.8 Å². The Hall–Kier alpha value is -2.25. The Bertz CT molecular complexity index is 552. The second kappa shape index (κ2) is 6.25. The van der Waals surface area contributed by atoms with Crippen LogP contribution >= 0.6 is 0 Å². The van der Waals surface area contributed by atoms with Gasteiger partial charge in [0.2, 0.25) is 5.91 Å². The van der Waals surface area contributed by atoms with Crippen molar-refractivity contribution in [1.82, 2.24) is 4.90 Å². The van der Waals surface area contributed by atoms with Crippen LogP contribution in [0.5, 0.6) is 5.75 Å². The number of carbonyl (C=O) groups is 2. The van der Waals surface area contributed by atoms with Crippen molar-refractivity contribution in [3.63, 3.8) is 0 Å². The van der Waals surface area contributed by atoms with E-state index in [-0.39, 0.29) is 30.7 Å². The highest BCUT2D eigenvalue weighted by atomic mass is 19.4. The molecule has 0 aromatic heterocycles. The lowest BCUT2D eigenvalue weighted by molar-refractivity contribution is -0.274. The second-order valence-electron chi connectivity index (χ2n) is 5.02. The molecule has 0 heterocycles. The molecule has 5 nitrogen and oxygen atoms in total. The molecule has 0 spiro atoms. The number of alkyl halides is 3. The van der Waals surface area contributed by atoms with Gasteiger partial charge < -0.3 is 14.7 Å². The molecule has 1 amide bonds. The minimum Gasteiger partial charge on any atom is -0.480 e. The second-order valence-corrected chi connectivity index (χ2v) is 5.02. The number of amides is 1. The average Bonchev–Trinajstić information content (AvgIpc) is 3.20. The molecule has 1 N–H and O–H groups in total. The third kappa shape index (κ3) is 4.94. The Labute approximate surface area is 124 Å². The fourth-order valence-electron chi connectivity index (χ4n) is 2.04. The zero-order chi connectivity index (χ0) is 16.3. The number of aliphatic carboxylic acids is 1. The first-order valence-electron chi connectivity index (χ1n) is 6.60. The molecule has 0 aliphatic heterocycles. The molecule has 0 unspecified atom stereocenters. The maximum Gasteiger partial charge on any atom is 0.573 e. The van der Waals surface area contributed by atoms with Crippen LogP contribution < -0.4 is 4.74 Å². The van der Waals surface area contributed by atoms with Gasteiger partial charge in [0.15, 0.2) is 0 Å². The Morgan fingerprint density at radius 1 is 1.23 bits per heavy atom. The molecule has 0 bridgehead atoms. The predicted molar refractivity (Wildman–Crippen MR) is 69.2 cm³/mol. The van der Waals surface area contributed by atoms with Crippen LogP contribution in [0.1, 0.15) is 18.4 Å². The molecule has 2 rings (SSSR count). The Morgan fingerprint density at radius 2 is 1.82 bits per heavy atom. The van der Waals surface area contributed by atoms with Gasteiger partial charge in [0.1, 0.15) is 12.3 Å². The zero-order valence-corrected chi connectivity index (χ0v) is 11.5. The first-order chi connectivity index (χ1) is 10.2. The van der Waals surface area contributed by atoms with Crippen LogP contribution in [0.3, 0.4) is 0 Å². The minimum absolute atomic E-state index is 0.0450. The normalized spacial score (nSPS) is 14.5. The van der Waals surface area contributed by atoms with Gasteiger partial charge in [-0.15, -0.1) is 13.2 Å². The number of nitrogens with zero attached hydrogens (tertiary/aromatic N) is 1. The highest BCUT2D eigenvalue weighted by Crippen LogP contribution is 2.27. The van der Waals surface area contributed by atoms with E-state index in [9.17, 15) is 22.8 Å². The van der Waals surface area contributed by atoms with E-state index in [2.05, 4.69) is 4.74 Å². The van der Waals surface area contributed by atoms with Gasteiger partial charge in [0, 0.05) is 6.04 Å². The van der Waals surface area contributed by atoms with Crippen molar-refractivity contribution in [2.45, 2.75) is 31.7 Å². The topological polar surface area (TPSA) is 66.8 Å².